The van der Waals surface area contributed by atoms with E-state index in [1.54, 1.807) is 0 Å². The minimum absolute atomic E-state index is 0.0603. The highest BCUT2D eigenvalue weighted by Crippen LogP contribution is 2.23. The number of hydrogen-bond donors (Lipinski definition) is 0. The largest absolute Gasteiger partial charge is 0.298 e. The fraction of sp³-hybridized carbons (Fsp3) is 0.636. The first kappa shape index (κ1) is 11.0. The number of aryl methyl sites for hydroxylation is 1. The van der Waals surface area contributed by atoms with Gasteiger partial charge in [0, 0.05) is 18.2 Å². The van der Waals surface area contributed by atoms with Crippen molar-refractivity contribution in [1.82, 2.24) is 9.78 Å². The van der Waals surface area contributed by atoms with Crippen molar-refractivity contribution in [3.05, 3.63) is 17.5 Å². The van der Waals surface area contributed by atoms with Gasteiger partial charge in [-0.2, -0.15) is 5.10 Å². The molecule has 1 heterocycles. The standard InChI is InChI=1S/C11H18N2O/c1-5-6-13-7-9(8-14)10(12-13)11(2,3)4/h7-8H,5-6H2,1-4H3. The van der Waals surface area contributed by atoms with Gasteiger partial charge in [-0.05, 0) is 6.42 Å². The van der Waals surface area contributed by atoms with E-state index < -0.39 is 0 Å². The average molecular weight is 194 g/mol. The van der Waals surface area contributed by atoms with E-state index in [1.807, 2.05) is 10.9 Å². The van der Waals surface area contributed by atoms with Crippen LogP contribution in [0.5, 0.6) is 0 Å². The van der Waals surface area contributed by atoms with Crippen LogP contribution in [-0.4, -0.2) is 16.1 Å². The zero-order valence-electron chi connectivity index (χ0n) is 9.37. The molecule has 1 rings (SSSR count). The quantitative estimate of drug-likeness (QED) is 0.692. The number of hydrogen-bond acceptors (Lipinski definition) is 2. The van der Waals surface area contributed by atoms with Gasteiger partial charge in [0.2, 0.25) is 0 Å². The minimum Gasteiger partial charge on any atom is -0.298 e. The van der Waals surface area contributed by atoms with Crippen LogP contribution < -0.4 is 0 Å². The van der Waals surface area contributed by atoms with Crippen LogP contribution in [0.2, 0.25) is 0 Å². The molecule has 0 aliphatic heterocycles. The molecule has 0 N–H and O–H groups in total. The van der Waals surface area contributed by atoms with E-state index in [1.165, 1.54) is 0 Å². The Morgan fingerprint density at radius 2 is 2.14 bits per heavy atom. The minimum atomic E-state index is -0.0603. The van der Waals surface area contributed by atoms with E-state index in [2.05, 4.69) is 32.8 Å². The maximum Gasteiger partial charge on any atom is 0.153 e. The van der Waals surface area contributed by atoms with Gasteiger partial charge in [-0.1, -0.05) is 27.7 Å². The first-order chi connectivity index (χ1) is 6.49. The molecule has 0 aliphatic carbocycles. The summed E-state index contributed by atoms with van der Waals surface area (Å²) in [6.07, 6.45) is 3.75. The lowest BCUT2D eigenvalue weighted by Crippen LogP contribution is -2.14. The Balaban J connectivity index is 3.09. The summed E-state index contributed by atoms with van der Waals surface area (Å²) in [7, 11) is 0. The van der Waals surface area contributed by atoms with Crippen LogP contribution in [0.4, 0.5) is 0 Å². The molecule has 0 fully saturated rings. The van der Waals surface area contributed by atoms with Crippen molar-refractivity contribution >= 4 is 6.29 Å². The van der Waals surface area contributed by atoms with E-state index >= 15 is 0 Å². The van der Waals surface area contributed by atoms with Crippen molar-refractivity contribution in [2.75, 3.05) is 0 Å². The number of nitrogens with zero attached hydrogens (tertiary/aromatic N) is 2. The Bertz CT molecular complexity index is 321. The summed E-state index contributed by atoms with van der Waals surface area (Å²) in [5, 5.41) is 4.43. The van der Waals surface area contributed by atoms with E-state index in [4.69, 9.17) is 0 Å². The number of aldehydes is 1. The first-order valence-electron chi connectivity index (χ1n) is 5.02. The summed E-state index contributed by atoms with van der Waals surface area (Å²) < 4.78 is 1.85. The average Bonchev–Trinajstić information content (AvgIpc) is 2.47. The Labute approximate surface area is 85.1 Å². The highest BCUT2D eigenvalue weighted by atomic mass is 16.1. The molecule has 0 saturated carbocycles. The second-order valence-corrected chi connectivity index (χ2v) is 4.56. The van der Waals surface area contributed by atoms with Gasteiger partial charge < -0.3 is 0 Å². The fourth-order valence-electron chi connectivity index (χ4n) is 1.45. The second-order valence-electron chi connectivity index (χ2n) is 4.56. The van der Waals surface area contributed by atoms with Gasteiger partial charge >= 0.3 is 0 Å². The van der Waals surface area contributed by atoms with Crippen LogP contribution in [0.3, 0.4) is 0 Å². The van der Waals surface area contributed by atoms with Gasteiger partial charge in [0.05, 0.1) is 11.3 Å². The molecular weight excluding hydrogens is 176 g/mol. The van der Waals surface area contributed by atoms with Gasteiger partial charge in [-0.25, -0.2) is 0 Å². The number of aromatic nitrogens is 2. The molecule has 1 aromatic heterocycles. The molecule has 0 spiro atoms. The van der Waals surface area contributed by atoms with Gasteiger partial charge in [0.1, 0.15) is 0 Å². The Morgan fingerprint density at radius 3 is 2.50 bits per heavy atom. The molecule has 14 heavy (non-hydrogen) atoms. The fourth-order valence-corrected chi connectivity index (χ4v) is 1.45. The third kappa shape index (κ3) is 2.22. The molecule has 0 aliphatic rings. The van der Waals surface area contributed by atoms with Gasteiger partial charge in [0.25, 0.3) is 0 Å². The number of rotatable bonds is 3. The Hall–Kier alpha value is -1.12. The van der Waals surface area contributed by atoms with Gasteiger partial charge in [0.15, 0.2) is 6.29 Å². The maximum absolute atomic E-state index is 10.8. The molecule has 0 aromatic carbocycles. The summed E-state index contributed by atoms with van der Waals surface area (Å²) in [6.45, 7) is 9.17. The molecule has 0 saturated heterocycles. The predicted octanol–water partition coefficient (Wildman–Crippen LogP) is 2.40. The van der Waals surface area contributed by atoms with Crippen LogP contribution in [-0.2, 0) is 12.0 Å². The SMILES string of the molecule is CCCn1cc(C=O)c(C(C)(C)C)n1. The highest BCUT2D eigenvalue weighted by molar-refractivity contribution is 5.76. The second kappa shape index (κ2) is 3.95. The maximum atomic E-state index is 10.8. The third-order valence-corrected chi connectivity index (χ3v) is 2.08. The molecule has 3 nitrogen and oxygen atoms in total. The lowest BCUT2D eigenvalue weighted by atomic mass is 9.90. The lowest BCUT2D eigenvalue weighted by molar-refractivity contribution is 0.112. The summed E-state index contributed by atoms with van der Waals surface area (Å²) in [4.78, 5) is 10.8. The molecular formula is C11H18N2O. The molecule has 3 heteroatoms. The van der Waals surface area contributed by atoms with Gasteiger partial charge in [-0.15, -0.1) is 0 Å². The summed E-state index contributed by atoms with van der Waals surface area (Å²) in [5.41, 5.74) is 1.54. The van der Waals surface area contributed by atoms with E-state index in [0.29, 0.717) is 5.56 Å². The molecule has 0 atom stereocenters. The Morgan fingerprint density at radius 1 is 1.50 bits per heavy atom. The number of carbonyl (C=O) groups excluding carboxylic acids is 1. The lowest BCUT2D eigenvalue weighted by Gasteiger charge is -2.15. The van der Waals surface area contributed by atoms with E-state index in [-0.39, 0.29) is 5.41 Å². The zero-order chi connectivity index (χ0) is 10.8. The van der Waals surface area contributed by atoms with Crippen LogP contribution >= 0.6 is 0 Å². The Kier molecular flexibility index (Phi) is 3.09. The summed E-state index contributed by atoms with van der Waals surface area (Å²) in [6, 6.07) is 0. The molecule has 0 radical (unpaired) electrons. The first-order valence-corrected chi connectivity index (χ1v) is 5.02. The van der Waals surface area contributed by atoms with Crippen molar-refractivity contribution in [3.8, 4) is 0 Å². The topological polar surface area (TPSA) is 34.9 Å². The van der Waals surface area contributed by atoms with Crippen LogP contribution in [0, 0.1) is 0 Å². The molecule has 0 bridgehead atoms. The number of carbonyl (C=O) groups is 1. The van der Waals surface area contributed by atoms with Crippen LogP contribution in [0.25, 0.3) is 0 Å². The monoisotopic (exact) mass is 194 g/mol. The summed E-state index contributed by atoms with van der Waals surface area (Å²) >= 11 is 0. The smallest absolute Gasteiger partial charge is 0.153 e. The summed E-state index contributed by atoms with van der Waals surface area (Å²) in [5.74, 6) is 0. The van der Waals surface area contributed by atoms with E-state index in [9.17, 15) is 4.79 Å². The van der Waals surface area contributed by atoms with Crippen LogP contribution in [0.1, 0.15) is 50.2 Å². The molecule has 0 unspecified atom stereocenters. The highest BCUT2D eigenvalue weighted by Gasteiger charge is 2.21. The zero-order valence-corrected chi connectivity index (χ0v) is 9.37. The van der Waals surface area contributed by atoms with E-state index in [0.717, 1.165) is 24.9 Å². The van der Waals surface area contributed by atoms with Crippen molar-refractivity contribution in [2.24, 2.45) is 0 Å². The van der Waals surface area contributed by atoms with Crippen molar-refractivity contribution in [2.45, 2.75) is 46.1 Å². The van der Waals surface area contributed by atoms with Gasteiger partial charge in [-0.3, -0.25) is 9.48 Å². The normalized spacial score (nSPS) is 11.7. The van der Waals surface area contributed by atoms with Crippen LogP contribution in [0.15, 0.2) is 6.20 Å². The van der Waals surface area contributed by atoms with Crippen molar-refractivity contribution in [3.63, 3.8) is 0 Å². The predicted molar refractivity (Wildman–Crippen MR) is 56.6 cm³/mol. The molecule has 78 valence electrons. The van der Waals surface area contributed by atoms with Crippen molar-refractivity contribution < 1.29 is 4.79 Å². The third-order valence-electron chi connectivity index (χ3n) is 2.08. The molecule has 0 amide bonds. The molecule has 1 aromatic rings. The van der Waals surface area contributed by atoms with Crippen molar-refractivity contribution in [1.29, 1.82) is 0 Å².